The first-order valence-electron chi connectivity index (χ1n) is 25.7. The van der Waals surface area contributed by atoms with E-state index in [0.717, 1.165) is 65.9 Å². The number of Topliss-reactive ketones (excluding diaryl/α,β-unsaturated/α-hetero) is 1. The van der Waals surface area contributed by atoms with Crippen LogP contribution >= 0.6 is 11.3 Å². The van der Waals surface area contributed by atoms with Crippen LogP contribution in [0.1, 0.15) is 72.2 Å². The van der Waals surface area contributed by atoms with E-state index in [1.807, 2.05) is 114 Å². The molecule has 4 N–H and O–H groups in total. The molecule has 3 atom stereocenters. The number of β-amino-alcohol motifs (C(OH)–C–C–N with tert-alkyl or cyclic N) is 1. The van der Waals surface area contributed by atoms with Crippen LogP contribution in [-0.4, -0.2) is 132 Å². The molecule has 0 aliphatic carbocycles. The molecule has 18 heteroatoms. The number of hydrogen-bond donors (Lipinski definition) is 3. The molecule has 1 fully saturated rings. The van der Waals surface area contributed by atoms with Crippen molar-refractivity contribution in [3.63, 3.8) is 0 Å². The SMILES string of the molecule is Cc1ncsc1-c1ccc(CCC(=O)[C@@H]2C[C@@H](O)CN2C(=O)[C@@H](NC(=O)COCCOCCOCCOCCOc2ccc3c(c2)c2c(C(N)=O)cc(-c4c(C)noc4C)cc2n3Cc2ccccc2)C(C)(C)C)cc1. The summed E-state index contributed by atoms with van der Waals surface area (Å²) in [5.41, 5.74) is 15.9. The van der Waals surface area contributed by atoms with Gasteiger partial charge in [0, 0.05) is 53.3 Å². The van der Waals surface area contributed by atoms with Gasteiger partial charge in [-0.3, -0.25) is 19.2 Å². The van der Waals surface area contributed by atoms with E-state index in [1.165, 1.54) is 4.90 Å². The Labute approximate surface area is 446 Å². The molecule has 4 heterocycles. The Bertz CT molecular complexity index is 3110. The third-order valence-corrected chi connectivity index (χ3v) is 14.5. The number of aromatic nitrogens is 3. The van der Waals surface area contributed by atoms with E-state index in [2.05, 4.69) is 38.2 Å². The number of carbonyl (C=O) groups excluding carboxylic acids is 4. The van der Waals surface area contributed by atoms with E-state index in [9.17, 15) is 24.3 Å². The lowest BCUT2D eigenvalue weighted by Crippen LogP contribution is -2.57. The number of aliphatic hydroxyl groups is 1. The molecule has 3 aromatic heterocycles. The number of aryl methyl sites for hydroxylation is 4. The standard InChI is InChI=1S/C58H68N6O11S/c1-36-52(38(3)75-62-36)42-28-46(56(59)68)53-45-31-44(17-18-47(45)63(49(53)29-42)32-40-10-8-7-9-11-40)74-27-26-72-23-22-70-20-21-71-24-25-73-34-51(67)61-55(58(4,5)6)57(69)64-33-43(65)30-48(64)50(66)19-14-39-12-15-41(16-13-39)54-37(2)60-35-76-54/h7-13,15-18,28-29,31,35,43,48,55,65H,14,19-27,30,32-34H2,1-6H3,(H2,59,68)(H,61,67)/t43-,48+,55-/m1/s1. The number of nitrogens with two attached hydrogens (primary N) is 1. The zero-order valence-electron chi connectivity index (χ0n) is 44.1. The van der Waals surface area contributed by atoms with Gasteiger partial charge in [-0.2, -0.15) is 0 Å². The lowest BCUT2D eigenvalue weighted by molar-refractivity contribution is -0.144. The summed E-state index contributed by atoms with van der Waals surface area (Å²) in [6, 6.07) is 26.2. The maximum atomic E-state index is 14.0. The highest BCUT2D eigenvalue weighted by Crippen LogP contribution is 2.39. The summed E-state index contributed by atoms with van der Waals surface area (Å²) in [4.78, 5) is 60.6. The summed E-state index contributed by atoms with van der Waals surface area (Å²) in [6.07, 6.45) is 0.0207. The molecule has 0 radical (unpaired) electrons. The van der Waals surface area contributed by atoms with E-state index < -0.39 is 41.3 Å². The average Bonchev–Trinajstić information content (AvgIpc) is 4.22. The average molecular weight is 1060 g/mol. The molecule has 4 aromatic carbocycles. The molecular weight excluding hydrogens is 989 g/mol. The summed E-state index contributed by atoms with van der Waals surface area (Å²) in [5.74, 6) is -0.289. The predicted molar refractivity (Wildman–Crippen MR) is 290 cm³/mol. The number of amides is 3. The molecule has 7 aromatic rings. The minimum Gasteiger partial charge on any atom is -0.491 e. The van der Waals surface area contributed by atoms with Crippen LogP contribution < -0.4 is 15.8 Å². The first kappa shape index (κ1) is 55.4. The maximum Gasteiger partial charge on any atom is 0.249 e. The quantitative estimate of drug-likeness (QED) is 0.0442. The topological polar surface area (TPSA) is 220 Å². The Morgan fingerprint density at radius 3 is 2.13 bits per heavy atom. The van der Waals surface area contributed by atoms with Crippen molar-refractivity contribution in [2.24, 2.45) is 11.1 Å². The van der Waals surface area contributed by atoms with E-state index in [0.29, 0.717) is 63.1 Å². The van der Waals surface area contributed by atoms with Crippen LogP contribution in [0.25, 0.3) is 43.4 Å². The minimum absolute atomic E-state index is 0.0144. The van der Waals surface area contributed by atoms with Crippen molar-refractivity contribution in [1.82, 2.24) is 24.9 Å². The number of benzene rings is 4. The van der Waals surface area contributed by atoms with Crippen LogP contribution in [0, 0.1) is 26.2 Å². The van der Waals surface area contributed by atoms with Crippen molar-refractivity contribution in [2.45, 2.75) is 85.5 Å². The van der Waals surface area contributed by atoms with E-state index in [-0.39, 0.29) is 51.6 Å². The van der Waals surface area contributed by atoms with Gasteiger partial charge in [0.2, 0.25) is 17.7 Å². The zero-order valence-corrected chi connectivity index (χ0v) is 44.9. The van der Waals surface area contributed by atoms with Gasteiger partial charge in [-0.25, -0.2) is 4.98 Å². The molecule has 0 bridgehead atoms. The molecule has 3 amide bonds. The Balaban J connectivity index is 0.725. The van der Waals surface area contributed by atoms with Crippen LogP contribution in [0.2, 0.25) is 0 Å². The normalized spacial score (nSPS) is 15.2. The fraction of sp³-hybridized carbons (Fsp3) is 0.414. The highest BCUT2D eigenvalue weighted by Gasteiger charge is 2.44. The molecule has 17 nitrogen and oxygen atoms in total. The van der Waals surface area contributed by atoms with Crippen molar-refractivity contribution in [3.05, 3.63) is 124 Å². The van der Waals surface area contributed by atoms with Gasteiger partial charge >= 0.3 is 0 Å². The molecule has 0 saturated carbocycles. The summed E-state index contributed by atoms with van der Waals surface area (Å²) >= 11 is 1.58. The number of nitrogens with one attached hydrogen (secondary N) is 1. The fourth-order valence-electron chi connectivity index (χ4n) is 9.72. The zero-order chi connectivity index (χ0) is 53.9. The smallest absolute Gasteiger partial charge is 0.249 e. The number of hydrogen-bond acceptors (Lipinski definition) is 14. The lowest BCUT2D eigenvalue weighted by Gasteiger charge is -2.35. The maximum absolute atomic E-state index is 14.0. The van der Waals surface area contributed by atoms with Crippen LogP contribution in [0.5, 0.6) is 5.75 Å². The number of nitrogens with zero attached hydrogens (tertiary/aromatic N) is 4. The van der Waals surface area contributed by atoms with Crippen LogP contribution in [-0.2, 0) is 46.3 Å². The number of carbonyl (C=O) groups is 4. The van der Waals surface area contributed by atoms with Crippen LogP contribution in [0.3, 0.4) is 0 Å². The van der Waals surface area contributed by atoms with Gasteiger partial charge in [-0.15, -0.1) is 11.3 Å². The molecule has 1 aliphatic rings. The fourth-order valence-corrected chi connectivity index (χ4v) is 10.5. The number of thiazole rings is 1. The van der Waals surface area contributed by atoms with Crippen molar-refractivity contribution < 1.29 is 52.5 Å². The highest BCUT2D eigenvalue weighted by atomic mass is 32.1. The van der Waals surface area contributed by atoms with Gasteiger partial charge < -0.3 is 53.8 Å². The van der Waals surface area contributed by atoms with Crippen LogP contribution in [0.4, 0.5) is 0 Å². The molecule has 0 unspecified atom stereocenters. The molecule has 8 rings (SSSR count). The minimum atomic E-state index is -0.951. The van der Waals surface area contributed by atoms with Crippen molar-refractivity contribution in [3.8, 4) is 27.3 Å². The second-order valence-corrected chi connectivity index (χ2v) is 21.0. The summed E-state index contributed by atoms with van der Waals surface area (Å²) in [7, 11) is 0. The molecule has 0 spiro atoms. The second-order valence-electron chi connectivity index (χ2n) is 20.2. The summed E-state index contributed by atoms with van der Waals surface area (Å²) in [6.45, 7) is 13.8. The van der Waals surface area contributed by atoms with E-state index in [1.54, 1.807) is 11.3 Å². The van der Waals surface area contributed by atoms with Gasteiger partial charge in [0.25, 0.3) is 0 Å². The Hall–Kier alpha value is -6.80. The molecule has 402 valence electrons. The third kappa shape index (κ3) is 13.6. The largest absolute Gasteiger partial charge is 0.491 e. The first-order valence-corrected chi connectivity index (χ1v) is 26.6. The van der Waals surface area contributed by atoms with Gasteiger partial charge in [0.1, 0.15) is 30.8 Å². The highest BCUT2D eigenvalue weighted by molar-refractivity contribution is 7.13. The first-order chi connectivity index (χ1) is 36.6. The van der Waals surface area contributed by atoms with E-state index >= 15 is 0 Å². The third-order valence-electron chi connectivity index (χ3n) is 13.5. The van der Waals surface area contributed by atoms with E-state index in [4.69, 9.17) is 33.9 Å². The second kappa shape index (κ2) is 25.4. The lowest BCUT2D eigenvalue weighted by atomic mass is 9.85. The van der Waals surface area contributed by atoms with Crippen LogP contribution in [0.15, 0.2) is 95.0 Å². The number of rotatable bonds is 26. The Kier molecular flexibility index (Phi) is 18.5. The monoisotopic (exact) mass is 1060 g/mol. The summed E-state index contributed by atoms with van der Waals surface area (Å²) in [5, 5.41) is 19.1. The number of fused-ring (bicyclic) bond motifs is 3. The predicted octanol–water partition coefficient (Wildman–Crippen LogP) is 7.79. The van der Waals surface area contributed by atoms with Crippen molar-refractivity contribution in [1.29, 1.82) is 0 Å². The van der Waals surface area contributed by atoms with Gasteiger partial charge in [-0.05, 0) is 85.2 Å². The molecule has 1 aliphatic heterocycles. The van der Waals surface area contributed by atoms with Gasteiger partial charge in [-0.1, -0.05) is 80.5 Å². The molecule has 76 heavy (non-hydrogen) atoms. The molecule has 1 saturated heterocycles. The molecular formula is C58H68N6O11S. The number of ketones is 1. The number of likely N-dealkylation sites (tertiary alicyclic amines) is 1. The number of aliphatic hydroxyl groups excluding tert-OH is 1. The number of ether oxygens (including phenoxy) is 5. The Morgan fingerprint density at radius 2 is 1.50 bits per heavy atom. The summed E-state index contributed by atoms with van der Waals surface area (Å²) < 4.78 is 36.4. The van der Waals surface area contributed by atoms with Crippen molar-refractivity contribution >= 4 is 56.6 Å². The van der Waals surface area contributed by atoms with Gasteiger partial charge in [0.15, 0.2) is 5.78 Å². The van der Waals surface area contributed by atoms with Crippen molar-refractivity contribution in [2.75, 3.05) is 66.0 Å². The number of primary amides is 1. The Morgan fingerprint density at radius 1 is 0.816 bits per heavy atom. The van der Waals surface area contributed by atoms with Gasteiger partial charge in [0.05, 0.1) is 85.7 Å².